The standard InChI is InChI=1S/C13H20N2O3S2/c1-3-19(2,16)15-20(17,18)14-13-10-6-8-11-7-4-5-9-12(11)13/h4-5,7,9,13-14H,3,6,8,10H2,1-2H3/t13-,19+/m1/s1. The zero-order valence-electron chi connectivity index (χ0n) is 11.7. The number of rotatable bonds is 4. The van der Waals surface area contributed by atoms with Crippen molar-refractivity contribution < 1.29 is 12.6 Å². The lowest BCUT2D eigenvalue weighted by molar-refractivity contribution is 0.508. The van der Waals surface area contributed by atoms with Gasteiger partial charge in [0.1, 0.15) is 0 Å². The van der Waals surface area contributed by atoms with Crippen LogP contribution in [0.5, 0.6) is 0 Å². The van der Waals surface area contributed by atoms with Gasteiger partial charge in [0.15, 0.2) is 0 Å². The molecular formula is C13H20N2O3S2. The largest absolute Gasteiger partial charge is 0.328 e. The third-order valence-electron chi connectivity index (χ3n) is 3.45. The Bertz CT molecular complexity index is 704. The normalized spacial score (nSPS) is 21.8. The maximum atomic E-state index is 12.0. The molecule has 0 saturated carbocycles. The molecule has 0 aliphatic heterocycles. The minimum atomic E-state index is -3.89. The molecule has 112 valence electrons. The van der Waals surface area contributed by atoms with E-state index in [1.807, 2.05) is 24.3 Å². The highest BCUT2D eigenvalue weighted by molar-refractivity contribution is 8.02. The minimum Gasteiger partial charge on any atom is -0.249 e. The van der Waals surface area contributed by atoms with E-state index in [0.717, 1.165) is 24.8 Å². The summed E-state index contributed by atoms with van der Waals surface area (Å²) < 4.78 is 42.0. The van der Waals surface area contributed by atoms with Crippen molar-refractivity contribution in [2.24, 2.45) is 3.77 Å². The van der Waals surface area contributed by atoms with Gasteiger partial charge in [0, 0.05) is 18.1 Å². The molecule has 0 bridgehead atoms. The Morgan fingerprint density at radius 3 is 2.70 bits per heavy atom. The van der Waals surface area contributed by atoms with Gasteiger partial charge in [-0.3, -0.25) is 0 Å². The van der Waals surface area contributed by atoms with Crippen LogP contribution in [0.2, 0.25) is 0 Å². The van der Waals surface area contributed by atoms with Gasteiger partial charge in [-0.1, -0.05) is 35.0 Å². The van der Waals surface area contributed by atoms with Crippen molar-refractivity contribution >= 4 is 19.9 Å². The second-order valence-electron chi connectivity index (χ2n) is 5.06. The SMILES string of the molecule is CC[S@](C)(=O)=NS(=O)(=O)N[C@@H]1CCCc2ccccc21. The van der Waals surface area contributed by atoms with Crippen molar-refractivity contribution in [2.75, 3.05) is 12.0 Å². The van der Waals surface area contributed by atoms with Crippen LogP contribution in [0.25, 0.3) is 0 Å². The number of nitrogens with zero attached hydrogens (tertiary/aromatic N) is 1. The van der Waals surface area contributed by atoms with Gasteiger partial charge < -0.3 is 0 Å². The van der Waals surface area contributed by atoms with Crippen molar-refractivity contribution in [2.45, 2.75) is 32.2 Å². The van der Waals surface area contributed by atoms with Crippen molar-refractivity contribution in [3.63, 3.8) is 0 Å². The van der Waals surface area contributed by atoms with Crippen molar-refractivity contribution in [1.82, 2.24) is 4.72 Å². The molecule has 1 aliphatic rings. The molecule has 7 heteroatoms. The second-order valence-corrected chi connectivity index (χ2v) is 9.34. The minimum absolute atomic E-state index is 0.217. The highest BCUT2D eigenvalue weighted by Crippen LogP contribution is 2.30. The average molecular weight is 316 g/mol. The van der Waals surface area contributed by atoms with Crippen LogP contribution in [0.4, 0.5) is 0 Å². The van der Waals surface area contributed by atoms with Gasteiger partial charge in [-0.25, -0.2) is 4.21 Å². The number of benzene rings is 1. The number of hydrogen-bond donors (Lipinski definition) is 1. The Hall–Kier alpha value is -0.920. The highest BCUT2D eigenvalue weighted by atomic mass is 32.3. The molecule has 1 aromatic rings. The van der Waals surface area contributed by atoms with Gasteiger partial charge in [-0.05, 0) is 30.4 Å². The Morgan fingerprint density at radius 2 is 2.00 bits per heavy atom. The van der Waals surface area contributed by atoms with E-state index in [2.05, 4.69) is 8.49 Å². The lowest BCUT2D eigenvalue weighted by Gasteiger charge is -2.25. The Kier molecular flexibility index (Phi) is 4.51. The Labute approximate surface area is 121 Å². The predicted molar refractivity (Wildman–Crippen MR) is 81.2 cm³/mol. The van der Waals surface area contributed by atoms with E-state index in [1.165, 1.54) is 11.8 Å². The molecule has 0 unspecified atom stereocenters. The van der Waals surface area contributed by atoms with E-state index < -0.39 is 19.9 Å². The third kappa shape index (κ3) is 3.80. The molecule has 0 heterocycles. The summed E-state index contributed by atoms with van der Waals surface area (Å²) in [5.41, 5.74) is 2.16. The Balaban J connectivity index is 2.28. The molecular weight excluding hydrogens is 296 g/mol. The van der Waals surface area contributed by atoms with E-state index in [-0.39, 0.29) is 11.8 Å². The number of nitrogens with one attached hydrogen (secondary N) is 1. The lowest BCUT2D eigenvalue weighted by atomic mass is 9.88. The van der Waals surface area contributed by atoms with Crippen molar-refractivity contribution in [1.29, 1.82) is 0 Å². The first-order valence-electron chi connectivity index (χ1n) is 6.64. The molecule has 0 radical (unpaired) electrons. The van der Waals surface area contributed by atoms with Crippen LogP contribution >= 0.6 is 0 Å². The Morgan fingerprint density at radius 1 is 1.30 bits per heavy atom. The molecule has 1 N–H and O–H groups in total. The quantitative estimate of drug-likeness (QED) is 0.923. The molecule has 0 aromatic heterocycles. The molecule has 2 rings (SSSR count). The van der Waals surface area contributed by atoms with Crippen LogP contribution in [0.3, 0.4) is 0 Å². The first-order chi connectivity index (χ1) is 9.33. The molecule has 2 atom stereocenters. The summed E-state index contributed by atoms with van der Waals surface area (Å²) in [6, 6.07) is 7.53. The summed E-state index contributed by atoms with van der Waals surface area (Å²) in [7, 11) is -6.57. The maximum absolute atomic E-state index is 12.0. The molecule has 0 saturated heterocycles. The first-order valence-corrected chi connectivity index (χ1v) is 10.2. The van der Waals surface area contributed by atoms with Crippen LogP contribution in [0.15, 0.2) is 28.0 Å². The van der Waals surface area contributed by atoms with E-state index in [4.69, 9.17) is 0 Å². The summed E-state index contributed by atoms with van der Waals surface area (Å²) in [6.07, 6.45) is 3.99. The topological polar surface area (TPSA) is 75.6 Å². The van der Waals surface area contributed by atoms with Crippen molar-refractivity contribution in [3.05, 3.63) is 35.4 Å². The van der Waals surface area contributed by atoms with Crippen LogP contribution < -0.4 is 4.72 Å². The fraction of sp³-hybridized carbons (Fsp3) is 0.538. The number of aryl methyl sites for hydroxylation is 1. The van der Waals surface area contributed by atoms with Crippen LogP contribution in [0, 0.1) is 0 Å². The summed E-state index contributed by atoms with van der Waals surface area (Å²) in [6.45, 7) is 1.66. The number of hydrogen-bond acceptors (Lipinski definition) is 3. The summed E-state index contributed by atoms with van der Waals surface area (Å²) >= 11 is 0. The zero-order valence-corrected chi connectivity index (χ0v) is 13.3. The van der Waals surface area contributed by atoms with E-state index >= 15 is 0 Å². The van der Waals surface area contributed by atoms with Gasteiger partial charge in [0.05, 0.1) is 9.73 Å². The maximum Gasteiger partial charge on any atom is 0.328 e. The summed E-state index contributed by atoms with van der Waals surface area (Å²) in [5.74, 6) is 0.217. The van der Waals surface area contributed by atoms with Crippen LogP contribution in [-0.4, -0.2) is 24.6 Å². The molecule has 0 spiro atoms. The monoisotopic (exact) mass is 316 g/mol. The smallest absolute Gasteiger partial charge is 0.249 e. The first kappa shape index (κ1) is 15.5. The molecule has 20 heavy (non-hydrogen) atoms. The molecule has 0 amide bonds. The average Bonchev–Trinajstić information content (AvgIpc) is 2.37. The van der Waals surface area contributed by atoms with Gasteiger partial charge in [0.2, 0.25) is 0 Å². The zero-order chi connectivity index (χ0) is 14.8. The summed E-state index contributed by atoms with van der Waals surface area (Å²) in [4.78, 5) is 0. The van der Waals surface area contributed by atoms with E-state index in [0.29, 0.717) is 0 Å². The summed E-state index contributed by atoms with van der Waals surface area (Å²) in [5, 5.41) is 0. The van der Waals surface area contributed by atoms with Gasteiger partial charge in [0.25, 0.3) is 0 Å². The van der Waals surface area contributed by atoms with Gasteiger partial charge in [-0.2, -0.15) is 13.1 Å². The van der Waals surface area contributed by atoms with Crippen LogP contribution in [-0.2, 0) is 26.4 Å². The highest BCUT2D eigenvalue weighted by Gasteiger charge is 2.24. The molecule has 0 fully saturated rings. The van der Waals surface area contributed by atoms with Gasteiger partial charge in [-0.15, -0.1) is 0 Å². The van der Waals surface area contributed by atoms with Crippen molar-refractivity contribution in [3.8, 4) is 0 Å². The van der Waals surface area contributed by atoms with Gasteiger partial charge >= 0.3 is 10.2 Å². The second kappa shape index (κ2) is 5.83. The van der Waals surface area contributed by atoms with Crippen LogP contribution in [0.1, 0.15) is 36.9 Å². The fourth-order valence-corrected chi connectivity index (χ4v) is 5.20. The molecule has 1 aromatic carbocycles. The predicted octanol–water partition coefficient (Wildman–Crippen LogP) is 2.02. The molecule has 5 nitrogen and oxygen atoms in total. The number of fused-ring (bicyclic) bond motifs is 1. The molecule has 1 aliphatic carbocycles. The third-order valence-corrected chi connectivity index (χ3v) is 7.15. The van der Waals surface area contributed by atoms with E-state index in [1.54, 1.807) is 6.92 Å². The van der Waals surface area contributed by atoms with E-state index in [9.17, 15) is 12.6 Å². The fourth-order valence-electron chi connectivity index (χ4n) is 2.34. The lowest BCUT2D eigenvalue weighted by Crippen LogP contribution is -2.30.